The number of rotatable bonds is 3. The zero-order valence-corrected chi connectivity index (χ0v) is 11.7. The van der Waals surface area contributed by atoms with E-state index in [0.29, 0.717) is 12.1 Å². The van der Waals surface area contributed by atoms with Gasteiger partial charge in [0.15, 0.2) is 5.96 Å². The second-order valence-electron chi connectivity index (χ2n) is 5.54. The molecular weight excluding hydrogens is 236 g/mol. The fourth-order valence-electron chi connectivity index (χ4n) is 2.92. The second-order valence-corrected chi connectivity index (χ2v) is 5.54. The molecule has 2 atom stereocenters. The molecule has 0 aromatic heterocycles. The van der Waals surface area contributed by atoms with Crippen LogP contribution in [0.25, 0.3) is 0 Å². The first-order valence-corrected chi connectivity index (χ1v) is 7.13. The normalized spacial score (nSPS) is 24.9. The number of nitrogens with zero attached hydrogens (tertiary/aromatic N) is 2. The van der Waals surface area contributed by atoms with Crippen LogP contribution < -0.4 is 15.5 Å². The van der Waals surface area contributed by atoms with Gasteiger partial charge in [0, 0.05) is 30.9 Å². The van der Waals surface area contributed by atoms with Gasteiger partial charge in [-0.05, 0) is 31.9 Å². The van der Waals surface area contributed by atoms with Gasteiger partial charge in [0.2, 0.25) is 0 Å². The van der Waals surface area contributed by atoms with Gasteiger partial charge in [-0.25, -0.2) is 0 Å². The number of guanidine groups is 1. The summed E-state index contributed by atoms with van der Waals surface area (Å²) in [5, 5.41) is 6.72. The highest BCUT2D eigenvalue weighted by Gasteiger charge is 2.24. The number of para-hydroxylation sites is 1. The highest BCUT2D eigenvalue weighted by Crippen LogP contribution is 2.31. The van der Waals surface area contributed by atoms with Crippen molar-refractivity contribution < 1.29 is 0 Å². The van der Waals surface area contributed by atoms with Crippen molar-refractivity contribution in [1.29, 1.82) is 0 Å². The van der Waals surface area contributed by atoms with Crippen molar-refractivity contribution in [3.05, 3.63) is 29.8 Å². The molecule has 4 heteroatoms. The molecule has 2 heterocycles. The Balaban J connectivity index is 1.56. The van der Waals surface area contributed by atoms with Gasteiger partial charge in [-0.3, -0.25) is 4.99 Å². The lowest BCUT2D eigenvalue weighted by molar-refractivity contribution is 0.655. The average Bonchev–Trinajstić information content (AvgIpc) is 2.94. The minimum atomic E-state index is 0.467. The van der Waals surface area contributed by atoms with Crippen LogP contribution in [0.5, 0.6) is 0 Å². The minimum Gasteiger partial charge on any atom is -0.367 e. The first-order chi connectivity index (χ1) is 9.24. The maximum atomic E-state index is 4.42. The van der Waals surface area contributed by atoms with Crippen LogP contribution in [0, 0.1) is 0 Å². The molecule has 3 rings (SSSR count). The van der Waals surface area contributed by atoms with Crippen molar-refractivity contribution in [3.63, 3.8) is 0 Å². The van der Waals surface area contributed by atoms with E-state index < -0.39 is 0 Å². The number of nitrogens with one attached hydrogen (secondary N) is 2. The first-order valence-electron chi connectivity index (χ1n) is 7.13. The predicted octanol–water partition coefficient (Wildman–Crippen LogP) is 1.37. The van der Waals surface area contributed by atoms with E-state index in [-0.39, 0.29) is 0 Å². The summed E-state index contributed by atoms with van der Waals surface area (Å²) in [5.74, 6) is 0.952. The Morgan fingerprint density at radius 2 is 2.21 bits per heavy atom. The van der Waals surface area contributed by atoms with Crippen LogP contribution >= 0.6 is 0 Å². The molecule has 1 aromatic carbocycles. The maximum Gasteiger partial charge on any atom is 0.191 e. The number of anilines is 1. The molecule has 0 bridgehead atoms. The Morgan fingerprint density at radius 3 is 3.00 bits per heavy atom. The fourth-order valence-corrected chi connectivity index (χ4v) is 2.92. The molecule has 0 aliphatic carbocycles. The Hall–Kier alpha value is -1.71. The third-order valence-corrected chi connectivity index (χ3v) is 3.90. The van der Waals surface area contributed by atoms with Gasteiger partial charge in [-0.2, -0.15) is 0 Å². The Bertz CT molecular complexity index is 483. The lowest BCUT2D eigenvalue weighted by atomic mass is 10.1. The molecule has 0 radical (unpaired) electrons. The van der Waals surface area contributed by atoms with E-state index in [0.717, 1.165) is 32.0 Å². The fraction of sp³-hybridized carbons (Fsp3) is 0.533. The van der Waals surface area contributed by atoms with Crippen LogP contribution in [0.3, 0.4) is 0 Å². The van der Waals surface area contributed by atoms with Gasteiger partial charge in [0.05, 0.1) is 6.54 Å². The van der Waals surface area contributed by atoms with Crippen LogP contribution in [0.2, 0.25) is 0 Å². The van der Waals surface area contributed by atoms with E-state index in [4.69, 9.17) is 0 Å². The number of aliphatic imine (C=N–C) groups is 1. The molecule has 0 saturated heterocycles. The quantitative estimate of drug-likeness (QED) is 0.860. The molecule has 2 N–H and O–H groups in total. The van der Waals surface area contributed by atoms with Gasteiger partial charge in [0.1, 0.15) is 0 Å². The summed E-state index contributed by atoms with van der Waals surface area (Å²) in [6.45, 7) is 7.28. The van der Waals surface area contributed by atoms with Gasteiger partial charge < -0.3 is 15.5 Å². The third-order valence-electron chi connectivity index (χ3n) is 3.90. The van der Waals surface area contributed by atoms with E-state index in [2.05, 4.69) is 58.6 Å². The molecule has 2 aliphatic rings. The lowest BCUT2D eigenvalue weighted by Crippen LogP contribution is -2.42. The Kier molecular flexibility index (Phi) is 3.32. The molecule has 4 nitrogen and oxygen atoms in total. The highest BCUT2D eigenvalue weighted by molar-refractivity contribution is 5.81. The topological polar surface area (TPSA) is 39.7 Å². The van der Waals surface area contributed by atoms with Gasteiger partial charge in [-0.15, -0.1) is 0 Å². The molecule has 1 aromatic rings. The minimum absolute atomic E-state index is 0.467. The van der Waals surface area contributed by atoms with E-state index in [1.54, 1.807) is 0 Å². The summed E-state index contributed by atoms with van der Waals surface area (Å²) >= 11 is 0. The highest BCUT2D eigenvalue weighted by atomic mass is 15.3. The largest absolute Gasteiger partial charge is 0.367 e. The third kappa shape index (κ3) is 2.53. The summed E-state index contributed by atoms with van der Waals surface area (Å²) in [5.41, 5.74) is 2.87. The molecule has 0 saturated carbocycles. The number of benzene rings is 1. The van der Waals surface area contributed by atoms with Gasteiger partial charge in [0.25, 0.3) is 0 Å². The monoisotopic (exact) mass is 258 g/mol. The molecule has 0 fully saturated rings. The summed E-state index contributed by atoms with van der Waals surface area (Å²) in [6.07, 6.45) is 1.16. The number of hydrogen-bond donors (Lipinski definition) is 2. The van der Waals surface area contributed by atoms with E-state index >= 15 is 0 Å². The smallest absolute Gasteiger partial charge is 0.191 e. The molecule has 0 spiro atoms. The molecule has 0 amide bonds. The number of hydrogen-bond acceptors (Lipinski definition) is 4. The predicted molar refractivity (Wildman–Crippen MR) is 79.9 cm³/mol. The Morgan fingerprint density at radius 1 is 1.37 bits per heavy atom. The van der Waals surface area contributed by atoms with E-state index in [9.17, 15) is 0 Å². The van der Waals surface area contributed by atoms with Crippen LogP contribution in [-0.2, 0) is 6.42 Å². The van der Waals surface area contributed by atoms with Crippen LogP contribution in [0.4, 0.5) is 5.69 Å². The maximum absolute atomic E-state index is 4.42. The van der Waals surface area contributed by atoms with Crippen LogP contribution in [0.1, 0.15) is 19.4 Å². The van der Waals surface area contributed by atoms with E-state index in [1.807, 2.05) is 0 Å². The van der Waals surface area contributed by atoms with Crippen molar-refractivity contribution in [2.45, 2.75) is 32.4 Å². The van der Waals surface area contributed by atoms with Crippen molar-refractivity contribution in [2.24, 2.45) is 4.99 Å². The first kappa shape index (κ1) is 12.3. The van der Waals surface area contributed by atoms with Crippen molar-refractivity contribution in [3.8, 4) is 0 Å². The Labute approximate surface area is 114 Å². The summed E-state index contributed by atoms with van der Waals surface area (Å²) < 4.78 is 0. The van der Waals surface area contributed by atoms with E-state index in [1.165, 1.54) is 11.3 Å². The van der Waals surface area contributed by atoms with Gasteiger partial charge in [-0.1, -0.05) is 18.2 Å². The standard InChI is InChI=1S/C15H22N4/c1-11-10-17-15(18-11)16-7-8-19-12(2)9-13-5-3-4-6-14(13)19/h3-6,11-12H,7-10H2,1-2H3,(H2,16,17,18). The molecule has 2 unspecified atom stereocenters. The summed E-state index contributed by atoms with van der Waals surface area (Å²) in [7, 11) is 0. The lowest BCUT2D eigenvalue weighted by Gasteiger charge is -2.25. The van der Waals surface area contributed by atoms with Crippen molar-refractivity contribution in [2.75, 3.05) is 24.5 Å². The number of fused-ring (bicyclic) bond motifs is 1. The average molecular weight is 258 g/mol. The zero-order valence-electron chi connectivity index (χ0n) is 11.7. The summed E-state index contributed by atoms with van der Waals surface area (Å²) in [6, 6.07) is 9.79. The van der Waals surface area contributed by atoms with Crippen molar-refractivity contribution in [1.82, 2.24) is 10.6 Å². The van der Waals surface area contributed by atoms with Gasteiger partial charge >= 0.3 is 0 Å². The molecule has 19 heavy (non-hydrogen) atoms. The van der Waals surface area contributed by atoms with Crippen LogP contribution in [0.15, 0.2) is 29.3 Å². The zero-order chi connectivity index (χ0) is 13.2. The second kappa shape index (κ2) is 5.11. The molecule has 2 aliphatic heterocycles. The summed E-state index contributed by atoms with van der Waals surface area (Å²) in [4.78, 5) is 6.91. The molecule has 102 valence electrons. The molecular formula is C15H22N4. The van der Waals surface area contributed by atoms with Crippen LogP contribution in [-0.4, -0.2) is 37.7 Å². The van der Waals surface area contributed by atoms with Crippen molar-refractivity contribution >= 4 is 11.6 Å². The SMILES string of the molecule is CC1CN=C(NCCN2c3ccccc3CC2C)N1.